The molecule has 1 aliphatic carbocycles. The first-order valence-corrected chi connectivity index (χ1v) is 51.6. The minimum absolute atomic E-state index is 0.0173. The van der Waals surface area contributed by atoms with Crippen molar-refractivity contribution in [1.82, 2.24) is 0 Å². The van der Waals surface area contributed by atoms with Crippen molar-refractivity contribution < 1.29 is 28.4 Å². The molecule has 27 rings (SSSR count). The second kappa shape index (κ2) is 35.8. The van der Waals surface area contributed by atoms with E-state index in [1.54, 1.807) is 0 Å². The van der Waals surface area contributed by atoms with Crippen LogP contribution < -0.4 is 92.3 Å². The molecule has 0 saturated heterocycles. The molecule has 0 unspecified atom stereocenters. The summed E-state index contributed by atoms with van der Waals surface area (Å²) in [7, 11) is 0. The monoisotopic (exact) mass is 1880 g/mol. The van der Waals surface area contributed by atoms with Crippen LogP contribution in [-0.4, -0.2) is 20.1 Å². The molecule has 0 radical (unpaired) electrons. The van der Waals surface area contributed by atoms with Crippen LogP contribution in [0.5, 0.6) is 69.0 Å². The van der Waals surface area contributed by atoms with Gasteiger partial charge in [0, 0.05) is 92.3 Å². The van der Waals surface area contributed by atoms with Crippen LogP contribution in [0.3, 0.4) is 0 Å². The highest BCUT2D eigenvalue weighted by Crippen LogP contribution is 2.54. The third kappa shape index (κ3) is 15.8. The summed E-state index contributed by atoms with van der Waals surface area (Å²) in [5, 5.41) is 9.62. The standard InChI is InChI=1S/C45H40BNO2.2C44H36BNO2/c1-27(2)29-16-20-38-40(22-29)48-42-25-33(26-43-44(42)46(38)39-21-17-30(28(3)4)23-41(39)49-43)47(31-12-8-7-9-13-31)32-18-19-35-34-14-10-11-15-36(34)45(5,6)37(35)24-32;1-27(2)31-15-19-40-38(23-31)45-39-24-32(28(3)4)16-20-41(39)48-43-26-37(25-42(47-40)44(43)45)46(35-17-13-29-9-5-7-11-33(29)21-35)36-18-14-30-10-6-8-12-34(30)22-36;1-27(2)31-15-19-38-40(23-31)47-42-25-37(26-43-44(42)45(38)39-20-16-32(28(3)4)24-41(39)48-43)46(35-17-13-29-9-5-7-11-33(29)21-35)36-18-14-30-10-6-8-12-34(30)22-36/h7-28H,1-6H3;2*5-28H,1-4H3. The summed E-state index contributed by atoms with van der Waals surface area (Å²) in [6.07, 6.45) is 0. The Hall–Kier alpha value is -16.2. The number of fused-ring (bicyclic) bond motifs is 19. The Bertz CT molecular complexity index is 8250. The molecule has 12 heteroatoms. The molecule has 20 aromatic rings. The molecule has 0 N–H and O–H groups in total. The predicted molar refractivity (Wildman–Crippen MR) is 609 cm³/mol. The number of benzene rings is 20. The van der Waals surface area contributed by atoms with Gasteiger partial charge in [0.15, 0.2) is 0 Å². The van der Waals surface area contributed by atoms with E-state index < -0.39 is 0 Å². The van der Waals surface area contributed by atoms with Gasteiger partial charge in [-0.3, -0.25) is 0 Å². The fourth-order valence-electron chi connectivity index (χ4n) is 23.1. The van der Waals surface area contributed by atoms with Gasteiger partial charge in [-0.1, -0.05) is 340 Å². The van der Waals surface area contributed by atoms with Gasteiger partial charge in [-0.05, 0) is 276 Å². The topological polar surface area (TPSA) is 65.1 Å². The number of ether oxygens (including phenoxy) is 6. The van der Waals surface area contributed by atoms with Gasteiger partial charge in [-0.15, -0.1) is 0 Å². The van der Waals surface area contributed by atoms with Crippen LogP contribution in [0.15, 0.2) is 388 Å². The normalized spacial score (nSPS) is 13.3. The number of hydrogen-bond donors (Lipinski definition) is 0. The number of anilines is 9. The van der Waals surface area contributed by atoms with Crippen molar-refractivity contribution in [3.8, 4) is 80.1 Å². The first-order chi connectivity index (χ1) is 70.5. The molecule has 6 heterocycles. The van der Waals surface area contributed by atoms with Gasteiger partial charge in [0.05, 0.1) is 17.1 Å². The van der Waals surface area contributed by atoms with Crippen molar-refractivity contribution in [2.75, 3.05) is 14.7 Å². The van der Waals surface area contributed by atoms with Crippen molar-refractivity contribution >= 4 is 164 Å². The third-order valence-corrected chi connectivity index (χ3v) is 31.1. The molecular weight excluding hydrogens is 1770 g/mol. The lowest BCUT2D eigenvalue weighted by atomic mass is 9.34. The van der Waals surface area contributed by atoms with Crippen molar-refractivity contribution in [2.45, 2.75) is 138 Å². The van der Waals surface area contributed by atoms with Crippen LogP contribution in [-0.2, 0) is 5.41 Å². The Labute approximate surface area is 851 Å². The molecule has 704 valence electrons. The highest BCUT2D eigenvalue weighted by molar-refractivity contribution is 6.99. The lowest BCUT2D eigenvalue weighted by Gasteiger charge is -2.35. The molecule has 6 aliphatic heterocycles. The molecule has 0 aromatic heterocycles. The Morgan fingerprint density at radius 2 is 0.434 bits per heavy atom. The zero-order valence-electron chi connectivity index (χ0n) is 84.4. The summed E-state index contributed by atoms with van der Waals surface area (Å²) < 4.78 is 41.3. The number of hydrogen-bond acceptors (Lipinski definition) is 9. The summed E-state index contributed by atoms with van der Waals surface area (Å²) >= 11 is 0. The van der Waals surface area contributed by atoms with Crippen LogP contribution in [0.25, 0.3) is 54.2 Å². The van der Waals surface area contributed by atoms with Crippen LogP contribution in [0.1, 0.15) is 177 Å². The Kier molecular flexibility index (Phi) is 22.2. The van der Waals surface area contributed by atoms with E-state index in [4.69, 9.17) is 28.4 Å². The molecular formula is C133H112B3N3O6. The molecule has 7 aliphatic rings. The first-order valence-electron chi connectivity index (χ1n) is 51.6. The Balaban J connectivity index is 0.000000114. The molecule has 0 fully saturated rings. The average molecular weight is 1880 g/mol. The Morgan fingerprint density at radius 1 is 0.179 bits per heavy atom. The number of para-hydroxylation sites is 1. The van der Waals surface area contributed by atoms with Crippen molar-refractivity contribution in [3.63, 3.8) is 0 Å². The average Bonchev–Trinajstić information content (AvgIpc) is 1.08. The fraction of sp³-hybridized carbons (Fsp3) is 0.158. The molecule has 0 amide bonds. The lowest BCUT2D eigenvalue weighted by Crippen LogP contribution is -2.57. The minimum atomic E-state index is -0.110. The number of nitrogens with zero attached hydrogens (tertiary/aromatic N) is 3. The molecule has 0 saturated carbocycles. The SMILES string of the molecule is CC(C)c1ccc2c(c1)B1c3cc(C(C)C)ccc3Oc3cc(N(c4ccc5ccccc5c4)c4ccc5ccccc5c4)cc(c31)O2.CC(C)c1ccc2c(c1)Oc1cc(N(c3ccc4ccccc4c3)c3ccc4ccccc4c3)cc3c1B2c1ccc(C(C)C)cc1O3.CC(C)c1ccc2c(c1)Oc1cc(N(c3ccccc3)c3ccc4c(c3)C(C)(C)c3ccccc3-4)cc3c1B2c1ccc(C(C)C)cc1O3. The third-order valence-electron chi connectivity index (χ3n) is 31.1. The van der Waals surface area contributed by atoms with Crippen LogP contribution in [0.2, 0.25) is 0 Å². The highest BCUT2D eigenvalue weighted by Gasteiger charge is 2.47. The second-order valence-corrected chi connectivity index (χ2v) is 42.6. The Morgan fingerprint density at radius 3 is 0.766 bits per heavy atom. The van der Waals surface area contributed by atoms with Gasteiger partial charge >= 0.3 is 0 Å². The van der Waals surface area contributed by atoms with E-state index in [1.807, 2.05) is 0 Å². The summed E-state index contributed by atoms with van der Waals surface area (Å²) in [6, 6.07) is 141. The highest BCUT2D eigenvalue weighted by atomic mass is 16.5. The van der Waals surface area contributed by atoms with Gasteiger partial charge in [-0.2, -0.15) is 0 Å². The number of rotatable bonds is 15. The van der Waals surface area contributed by atoms with Crippen LogP contribution in [0.4, 0.5) is 51.2 Å². The maximum atomic E-state index is 6.90. The summed E-state index contributed by atoms with van der Waals surface area (Å²) in [5.74, 6) is 13.0. The predicted octanol–water partition coefficient (Wildman–Crippen LogP) is 31.3. The quantitative estimate of drug-likeness (QED) is 0.0934. The molecule has 20 aromatic carbocycles. The van der Waals surface area contributed by atoms with Gasteiger partial charge in [-0.25, -0.2) is 0 Å². The molecule has 0 atom stereocenters. The van der Waals surface area contributed by atoms with Crippen LogP contribution >= 0.6 is 0 Å². The fourth-order valence-corrected chi connectivity index (χ4v) is 23.1. The zero-order valence-corrected chi connectivity index (χ0v) is 84.4. The van der Waals surface area contributed by atoms with Crippen molar-refractivity contribution in [3.05, 3.63) is 433 Å². The second-order valence-electron chi connectivity index (χ2n) is 42.6. The van der Waals surface area contributed by atoms with Gasteiger partial charge in [0.1, 0.15) is 69.0 Å². The van der Waals surface area contributed by atoms with Crippen LogP contribution in [0, 0.1) is 0 Å². The lowest BCUT2D eigenvalue weighted by molar-refractivity contribution is 0.463. The van der Waals surface area contributed by atoms with E-state index in [-0.39, 0.29) is 25.6 Å². The molecule has 145 heavy (non-hydrogen) atoms. The van der Waals surface area contributed by atoms with E-state index in [1.165, 1.54) is 132 Å². The zero-order chi connectivity index (χ0) is 98.6. The van der Waals surface area contributed by atoms with E-state index in [0.717, 1.165) is 137 Å². The van der Waals surface area contributed by atoms with E-state index in [2.05, 4.69) is 500 Å². The maximum absolute atomic E-state index is 6.90. The van der Waals surface area contributed by atoms with Gasteiger partial charge < -0.3 is 43.1 Å². The molecule has 0 spiro atoms. The minimum Gasteiger partial charge on any atom is -0.458 e. The molecule has 0 bridgehead atoms. The molecule has 9 nitrogen and oxygen atoms in total. The van der Waals surface area contributed by atoms with E-state index in [9.17, 15) is 0 Å². The smallest absolute Gasteiger partial charge is 0.260 e. The van der Waals surface area contributed by atoms with E-state index in [0.29, 0.717) is 35.5 Å². The summed E-state index contributed by atoms with van der Waals surface area (Å²) in [5.41, 5.74) is 32.8. The van der Waals surface area contributed by atoms with Gasteiger partial charge in [0.25, 0.3) is 20.1 Å². The maximum Gasteiger partial charge on any atom is 0.260 e. The summed E-state index contributed by atoms with van der Waals surface area (Å²) in [6.45, 7) is 31.6. The summed E-state index contributed by atoms with van der Waals surface area (Å²) in [4.78, 5) is 7.00. The van der Waals surface area contributed by atoms with Crippen molar-refractivity contribution in [2.24, 2.45) is 0 Å². The van der Waals surface area contributed by atoms with Gasteiger partial charge in [0.2, 0.25) is 0 Å². The largest absolute Gasteiger partial charge is 0.458 e. The first kappa shape index (κ1) is 90.1. The van der Waals surface area contributed by atoms with Crippen molar-refractivity contribution in [1.29, 1.82) is 0 Å². The van der Waals surface area contributed by atoms with E-state index >= 15 is 0 Å².